The summed E-state index contributed by atoms with van der Waals surface area (Å²) in [5.41, 5.74) is 3.96. The Labute approximate surface area is 193 Å². The number of aryl methyl sites for hydroxylation is 1. The van der Waals surface area contributed by atoms with Gasteiger partial charge in [-0.05, 0) is 56.6 Å². The van der Waals surface area contributed by atoms with Crippen molar-refractivity contribution in [1.82, 2.24) is 15.0 Å². The molecule has 3 heterocycles. The lowest BCUT2D eigenvalue weighted by Crippen LogP contribution is -2.22. The van der Waals surface area contributed by atoms with E-state index in [0.717, 1.165) is 78.8 Å². The summed E-state index contributed by atoms with van der Waals surface area (Å²) >= 11 is 1.71. The highest BCUT2D eigenvalue weighted by atomic mass is 32.2. The van der Waals surface area contributed by atoms with E-state index in [1.165, 1.54) is 5.56 Å². The number of aliphatic hydroxyl groups is 1. The Morgan fingerprint density at radius 3 is 2.97 bits per heavy atom. The average Bonchev–Trinajstić information content (AvgIpc) is 3.26. The minimum Gasteiger partial charge on any atom is -0.396 e. The summed E-state index contributed by atoms with van der Waals surface area (Å²) in [6, 6.07) is 2.31. The lowest BCUT2D eigenvalue weighted by Gasteiger charge is -2.22. The Hall–Kier alpha value is -2.23. The number of aromatic nitrogens is 3. The average molecular weight is 457 g/mol. The zero-order valence-corrected chi connectivity index (χ0v) is 19.6. The molecular formula is C23H32N6O2S. The molecule has 2 aromatic heterocycles. The Kier molecular flexibility index (Phi) is 7.94. The zero-order chi connectivity index (χ0) is 22.3. The third-order valence-corrected chi connectivity index (χ3v) is 7.00. The fourth-order valence-electron chi connectivity index (χ4n) is 4.20. The number of rotatable bonds is 10. The number of nitrogens with zero attached hydrogens (tertiary/aromatic N) is 4. The van der Waals surface area contributed by atoms with Crippen LogP contribution >= 0.6 is 11.8 Å². The summed E-state index contributed by atoms with van der Waals surface area (Å²) in [6.07, 6.45) is 8.63. The normalized spacial score (nSPS) is 20.0. The highest BCUT2D eigenvalue weighted by Gasteiger charge is 2.27. The van der Waals surface area contributed by atoms with Crippen LogP contribution in [0.2, 0.25) is 0 Å². The van der Waals surface area contributed by atoms with Gasteiger partial charge in [0.2, 0.25) is 5.95 Å². The van der Waals surface area contributed by atoms with Crippen molar-refractivity contribution in [2.45, 2.75) is 50.8 Å². The Balaban J connectivity index is 1.60. The summed E-state index contributed by atoms with van der Waals surface area (Å²) in [5.74, 6) is 2.66. The fourth-order valence-corrected chi connectivity index (χ4v) is 5.29. The molecule has 172 valence electrons. The van der Waals surface area contributed by atoms with Crippen molar-refractivity contribution >= 4 is 34.3 Å². The second kappa shape index (κ2) is 11.1. The van der Waals surface area contributed by atoms with E-state index in [4.69, 9.17) is 19.7 Å². The number of hydrogen-bond acceptors (Lipinski definition) is 9. The first kappa shape index (κ1) is 22.9. The number of nitrogens with one attached hydrogen (secondary N) is 2. The van der Waals surface area contributed by atoms with E-state index in [9.17, 15) is 5.11 Å². The van der Waals surface area contributed by atoms with Gasteiger partial charge in [-0.2, -0.15) is 4.98 Å². The summed E-state index contributed by atoms with van der Waals surface area (Å²) in [7, 11) is 1.72. The molecule has 0 saturated heterocycles. The molecule has 0 radical (unpaired) electrons. The molecule has 3 N–H and O–H groups in total. The van der Waals surface area contributed by atoms with Crippen molar-refractivity contribution in [2.75, 3.05) is 37.5 Å². The molecule has 0 amide bonds. The standard InChI is InChI=1S/C23H32N6O2S/c1-15-20(22-28-19-12-24-9-7-17(19)14-32-22)21(27-18-6-5-16(11-18)13-30)29-23(26-15)25-8-3-4-10-31-2/h7,9,12,16,18,30H,3-6,8,10-11,13-14H2,1-2H3,(H2,25,26,27,29)/t16-,18+/m1/s1. The Bertz CT molecular complexity index is 954. The van der Waals surface area contributed by atoms with E-state index < -0.39 is 0 Å². The van der Waals surface area contributed by atoms with Gasteiger partial charge in [-0.25, -0.2) is 9.98 Å². The molecule has 1 aliphatic carbocycles. The predicted octanol–water partition coefficient (Wildman–Crippen LogP) is 3.92. The van der Waals surface area contributed by atoms with Crippen molar-refractivity contribution in [2.24, 2.45) is 10.9 Å². The van der Waals surface area contributed by atoms with Gasteiger partial charge in [0.15, 0.2) is 0 Å². The minimum absolute atomic E-state index is 0.245. The van der Waals surface area contributed by atoms with Crippen LogP contribution in [0.3, 0.4) is 0 Å². The molecule has 1 fully saturated rings. The van der Waals surface area contributed by atoms with Crippen molar-refractivity contribution in [3.05, 3.63) is 35.3 Å². The van der Waals surface area contributed by atoms with Gasteiger partial charge in [-0.1, -0.05) is 0 Å². The van der Waals surface area contributed by atoms with Gasteiger partial charge < -0.3 is 20.5 Å². The fraction of sp³-hybridized carbons (Fsp3) is 0.565. The van der Waals surface area contributed by atoms with Gasteiger partial charge in [0.1, 0.15) is 10.9 Å². The molecule has 1 aliphatic heterocycles. The number of ether oxygens (including phenoxy) is 1. The van der Waals surface area contributed by atoms with Gasteiger partial charge in [-0.15, -0.1) is 11.8 Å². The molecular weight excluding hydrogens is 424 g/mol. The molecule has 2 aromatic rings. The van der Waals surface area contributed by atoms with Gasteiger partial charge in [0, 0.05) is 44.9 Å². The maximum absolute atomic E-state index is 9.55. The van der Waals surface area contributed by atoms with E-state index in [1.54, 1.807) is 18.9 Å². The molecule has 1 saturated carbocycles. The molecule has 0 unspecified atom stereocenters. The van der Waals surface area contributed by atoms with Crippen LogP contribution < -0.4 is 10.6 Å². The predicted molar refractivity (Wildman–Crippen MR) is 130 cm³/mol. The van der Waals surface area contributed by atoms with Gasteiger partial charge in [-0.3, -0.25) is 4.98 Å². The summed E-state index contributed by atoms with van der Waals surface area (Å²) < 4.78 is 5.13. The van der Waals surface area contributed by atoms with Crippen LogP contribution in [0, 0.1) is 12.8 Å². The van der Waals surface area contributed by atoms with Crippen molar-refractivity contribution in [1.29, 1.82) is 0 Å². The van der Waals surface area contributed by atoms with Crippen LogP contribution in [-0.4, -0.2) is 58.0 Å². The maximum atomic E-state index is 9.55. The van der Waals surface area contributed by atoms with E-state index in [0.29, 0.717) is 11.9 Å². The van der Waals surface area contributed by atoms with Gasteiger partial charge in [0.05, 0.1) is 23.1 Å². The molecule has 0 bridgehead atoms. The summed E-state index contributed by atoms with van der Waals surface area (Å²) in [5, 5.41) is 17.5. The second-order valence-corrected chi connectivity index (χ2v) is 9.36. The summed E-state index contributed by atoms with van der Waals surface area (Å²) in [6.45, 7) is 3.82. The van der Waals surface area contributed by atoms with E-state index in [1.807, 2.05) is 25.4 Å². The molecule has 0 aromatic carbocycles. The zero-order valence-electron chi connectivity index (χ0n) is 18.8. The van der Waals surface area contributed by atoms with Crippen molar-refractivity contribution in [3.63, 3.8) is 0 Å². The van der Waals surface area contributed by atoms with Crippen molar-refractivity contribution < 1.29 is 9.84 Å². The van der Waals surface area contributed by atoms with Crippen LogP contribution in [0.1, 0.15) is 48.9 Å². The van der Waals surface area contributed by atoms with Crippen LogP contribution in [0.4, 0.5) is 17.5 Å². The van der Waals surface area contributed by atoms with Crippen LogP contribution in [-0.2, 0) is 10.5 Å². The number of aliphatic hydroxyl groups excluding tert-OH is 1. The number of methoxy groups -OCH3 is 1. The van der Waals surface area contributed by atoms with Gasteiger partial charge in [0.25, 0.3) is 0 Å². The van der Waals surface area contributed by atoms with E-state index >= 15 is 0 Å². The first-order valence-corrected chi connectivity index (χ1v) is 12.3. The third kappa shape index (κ3) is 5.57. The van der Waals surface area contributed by atoms with Crippen molar-refractivity contribution in [3.8, 4) is 0 Å². The number of thioether (sulfide) groups is 1. The number of pyridine rings is 1. The van der Waals surface area contributed by atoms with Crippen LogP contribution in [0.15, 0.2) is 23.5 Å². The maximum Gasteiger partial charge on any atom is 0.224 e. The Morgan fingerprint density at radius 1 is 1.25 bits per heavy atom. The molecule has 2 atom stereocenters. The quantitative estimate of drug-likeness (QED) is 0.462. The second-order valence-electron chi connectivity index (χ2n) is 8.40. The highest BCUT2D eigenvalue weighted by Crippen LogP contribution is 2.36. The highest BCUT2D eigenvalue weighted by molar-refractivity contribution is 8.13. The molecule has 9 heteroatoms. The first-order chi connectivity index (χ1) is 15.7. The number of unbranched alkanes of at least 4 members (excludes halogenated alkanes) is 1. The van der Waals surface area contributed by atoms with Crippen LogP contribution in [0.25, 0.3) is 0 Å². The minimum atomic E-state index is 0.245. The molecule has 8 nitrogen and oxygen atoms in total. The smallest absolute Gasteiger partial charge is 0.224 e. The van der Waals surface area contributed by atoms with E-state index in [2.05, 4.69) is 15.6 Å². The third-order valence-electron chi connectivity index (χ3n) is 5.98. The summed E-state index contributed by atoms with van der Waals surface area (Å²) in [4.78, 5) is 18.7. The van der Waals surface area contributed by atoms with E-state index in [-0.39, 0.29) is 12.6 Å². The number of hydrogen-bond donors (Lipinski definition) is 3. The molecule has 0 spiro atoms. The number of aliphatic imine (C=N–C) groups is 1. The molecule has 32 heavy (non-hydrogen) atoms. The largest absolute Gasteiger partial charge is 0.396 e. The number of fused-ring (bicyclic) bond motifs is 1. The van der Waals surface area contributed by atoms with Gasteiger partial charge >= 0.3 is 0 Å². The number of anilines is 2. The molecule has 2 aliphatic rings. The topological polar surface area (TPSA) is 105 Å². The van der Waals surface area contributed by atoms with Crippen LogP contribution in [0.5, 0.6) is 0 Å². The monoisotopic (exact) mass is 456 g/mol. The molecule has 4 rings (SSSR count). The first-order valence-electron chi connectivity index (χ1n) is 11.3. The lowest BCUT2D eigenvalue weighted by molar-refractivity contribution is 0.193. The lowest BCUT2D eigenvalue weighted by atomic mass is 10.1. The Morgan fingerprint density at radius 2 is 2.16 bits per heavy atom. The SMILES string of the molecule is COCCCCNc1nc(C)c(C2=Nc3cnccc3CS2)c(N[C@H]2CC[C@@H](CO)C2)n1.